The molecule has 0 radical (unpaired) electrons. The second kappa shape index (κ2) is 7.47. The van der Waals surface area contributed by atoms with Gasteiger partial charge >= 0.3 is 0 Å². The van der Waals surface area contributed by atoms with Gasteiger partial charge in [0.2, 0.25) is 0 Å². The summed E-state index contributed by atoms with van der Waals surface area (Å²) in [5.41, 5.74) is 8.63. The van der Waals surface area contributed by atoms with Crippen LogP contribution in [0.5, 0.6) is 5.75 Å². The van der Waals surface area contributed by atoms with Crippen LogP contribution < -0.4 is 10.5 Å². The topological polar surface area (TPSA) is 44.5 Å². The number of nitrogens with two attached hydrogens (primary N) is 1. The van der Waals surface area contributed by atoms with Gasteiger partial charge in [0, 0.05) is 12.6 Å². The van der Waals surface area contributed by atoms with Gasteiger partial charge in [-0.2, -0.15) is 0 Å². The van der Waals surface area contributed by atoms with Crippen molar-refractivity contribution >= 4 is 0 Å². The van der Waals surface area contributed by atoms with Gasteiger partial charge in [-0.25, -0.2) is 0 Å². The smallest absolute Gasteiger partial charge is 0.122 e. The van der Waals surface area contributed by atoms with E-state index in [1.54, 1.807) is 0 Å². The lowest BCUT2D eigenvalue weighted by atomic mass is 10.0. The molecule has 3 heteroatoms. The first kappa shape index (κ1) is 15.8. The molecule has 2 saturated carbocycles. The third-order valence-electron chi connectivity index (χ3n) is 4.62. The molecule has 0 aliphatic heterocycles. The number of benzene rings is 1. The maximum absolute atomic E-state index is 6.15. The highest BCUT2D eigenvalue weighted by molar-refractivity contribution is 5.38. The molecule has 0 spiro atoms. The van der Waals surface area contributed by atoms with E-state index in [-0.39, 0.29) is 6.04 Å². The van der Waals surface area contributed by atoms with Gasteiger partial charge in [0.05, 0.1) is 13.2 Å². The van der Waals surface area contributed by atoms with Gasteiger partial charge in [-0.05, 0) is 73.6 Å². The molecule has 2 fully saturated rings. The second-order valence-corrected chi connectivity index (χ2v) is 7.03. The van der Waals surface area contributed by atoms with E-state index in [9.17, 15) is 0 Å². The van der Waals surface area contributed by atoms with Crippen LogP contribution in [0.1, 0.15) is 50.2 Å². The van der Waals surface area contributed by atoms with Crippen LogP contribution in [0.4, 0.5) is 0 Å². The molecule has 0 saturated heterocycles. The number of ether oxygens (including phenoxy) is 2. The largest absolute Gasteiger partial charge is 0.493 e. The fourth-order valence-electron chi connectivity index (χ4n) is 2.57. The molecule has 1 unspecified atom stereocenters. The maximum atomic E-state index is 6.15. The zero-order valence-electron chi connectivity index (χ0n) is 13.7. The molecule has 2 N–H and O–H groups in total. The Balaban J connectivity index is 1.61. The number of hydrogen-bond acceptors (Lipinski definition) is 3. The summed E-state index contributed by atoms with van der Waals surface area (Å²) in [7, 11) is 0. The van der Waals surface area contributed by atoms with Gasteiger partial charge in [0.1, 0.15) is 5.75 Å². The number of rotatable bonds is 10. The van der Waals surface area contributed by atoms with Crippen LogP contribution >= 0.6 is 0 Å². The van der Waals surface area contributed by atoms with Gasteiger partial charge in [0.25, 0.3) is 0 Å². The SMILES string of the molecule is CCC(N)Cc1cc(COCC2CC2)ccc1OCC1CC1. The molecule has 1 aromatic rings. The van der Waals surface area contributed by atoms with Crippen molar-refractivity contribution in [3.05, 3.63) is 29.3 Å². The van der Waals surface area contributed by atoms with Crippen LogP contribution in [0.15, 0.2) is 18.2 Å². The molecule has 22 heavy (non-hydrogen) atoms. The van der Waals surface area contributed by atoms with Gasteiger partial charge in [-0.15, -0.1) is 0 Å². The molecule has 3 rings (SSSR count). The van der Waals surface area contributed by atoms with Crippen molar-refractivity contribution in [2.45, 2.75) is 58.1 Å². The summed E-state index contributed by atoms with van der Waals surface area (Å²) in [6.07, 6.45) is 7.18. The van der Waals surface area contributed by atoms with Crippen LogP contribution in [0.3, 0.4) is 0 Å². The molecule has 3 nitrogen and oxygen atoms in total. The summed E-state index contributed by atoms with van der Waals surface area (Å²) in [5, 5.41) is 0. The lowest BCUT2D eigenvalue weighted by Gasteiger charge is -2.16. The average molecular weight is 303 g/mol. The van der Waals surface area contributed by atoms with Gasteiger partial charge in [-0.3, -0.25) is 0 Å². The summed E-state index contributed by atoms with van der Waals surface area (Å²) in [4.78, 5) is 0. The summed E-state index contributed by atoms with van der Waals surface area (Å²) < 4.78 is 11.8. The van der Waals surface area contributed by atoms with Crippen molar-refractivity contribution in [3.63, 3.8) is 0 Å². The Morgan fingerprint density at radius 2 is 1.86 bits per heavy atom. The second-order valence-electron chi connectivity index (χ2n) is 7.03. The third kappa shape index (κ3) is 4.99. The molecule has 1 aromatic carbocycles. The highest BCUT2D eigenvalue weighted by Gasteiger charge is 2.23. The van der Waals surface area contributed by atoms with Gasteiger partial charge < -0.3 is 15.2 Å². The third-order valence-corrected chi connectivity index (χ3v) is 4.62. The maximum Gasteiger partial charge on any atom is 0.122 e. The average Bonchev–Trinajstić information content (AvgIpc) is 3.40. The highest BCUT2D eigenvalue weighted by atomic mass is 16.5. The molecule has 2 aliphatic rings. The van der Waals surface area contributed by atoms with Crippen LogP contribution in [0.25, 0.3) is 0 Å². The van der Waals surface area contributed by atoms with Crippen molar-refractivity contribution in [1.82, 2.24) is 0 Å². The van der Waals surface area contributed by atoms with Crippen LogP contribution in [0, 0.1) is 11.8 Å². The standard InChI is InChI=1S/C19H29NO2/c1-2-18(20)10-17-9-16(12-21-11-14-3-4-14)7-8-19(17)22-13-15-5-6-15/h7-9,14-15,18H,2-6,10-13,20H2,1H3. The Hall–Kier alpha value is -1.06. The Bertz CT molecular complexity index is 480. The van der Waals surface area contributed by atoms with E-state index in [1.807, 2.05) is 0 Å². The minimum absolute atomic E-state index is 0.200. The van der Waals surface area contributed by atoms with Crippen molar-refractivity contribution in [1.29, 1.82) is 0 Å². The van der Waals surface area contributed by atoms with Gasteiger partial charge in [-0.1, -0.05) is 13.0 Å². The van der Waals surface area contributed by atoms with Crippen molar-refractivity contribution in [2.24, 2.45) is 17.6 Å². The van der Waals surface area contributed by atoms with E-state index in [1.165, 1.54) is 36.8 Å². The Morgan fingerprint density at radius 1 is 1.14 bits per heavy atom. The molecule has 122 valence electrons. The lowest BCUT2D eigenvalue weighted by molar-refractivity contribution is 0.111. The lowest BCUT2D eigenvalue weighted by Crippen LogP contribution is -2.22. The molecular weight excluding hydrogens is 274 g/mol. The Morgan fingerprint density at radius 3 is 2.55 bits per heavy atom. The van der Waals surface area contributed by atoms with Crippen LogP contribution in [-0.4, -0.2) is 19.3 Å². The fraction of sp³-hybridized carbons (Fsp3) is 0.684. The molecule has 0 amide bonds. The van der Waals surface area contributed by atoms with Crippen molar-refractivity contribution < 1.29 is 9.47 Å². The van der Waals surface area contributed by atoms with E-state index in [0.717, 1.165) is 43.6 Å². The van der Waals surface area contributed by atoms with Crippen molar-refractivity contribution in [2.75, 3.05) is 13.2 Å². The summed E-state index contributed by atoms with van der Waals surface area (Å²) in [6.45, 7) is 4.60. The first-order chi connectivity index (χ1) is 10.7. The summed E-state index contributed by atoms with van der Waals surface area (Å²) in [5.74, 6) is 2.60. The minimum atomic E-state index is 0.200. The Kier molecular flexibility index (Phi) is 5.37. The molecular formula is C19H29NO2. The van der Waals surface area contributed by atoms with Gasteiger partial charge in [0.15, 0.2) is 0 Å². The predicted molar refractivity (Wildman–Crippen MR) is 89.0 cm³/mol. The van der Waals surface area contributed by atoms with E-state index in [0.29, 0.717) is 6.61 Å². The zero-order chi connectivity index (χ0) is 15.4. The quantitative estimate of drug-likeness (QED) is 0.717. The normalized spacial score (nSPS) is 19.2. The van der Waals surface area contributed by atoms with E-state index in [4.69, 9.17) is 15.2 Å². The van der Waals surface area contributed by atoms with E-state index >= 15 is 0 Å². The molecule has 2 aliphatic carbocycles. The fourth-order valence-corrected chi connectivity index (χ4v) is 2.57. The summed E-state index contributed by atoms with van der Waals surface area (Å²) >= 11 is 0. The number of hydrogen-bond donors (Lipinski definition) is 1. The predicted octanol–water partition coefficient (Wildman–Crippen LogP) is 3.68. The molecule has 1 atom stereocenters. The van der Waals surface area contributed by atoms with E-state index in [2.05, 4.69) is 25.1 Å². The minimum Gasteiger partial charge on any atom is -0.493 e. The summed E-state index contributed by atoms with van der Waals surface area (Å²) in [6, 6.07) is 6.67. The van der Waals surface area contributed by atoms with E-state index < -0.39 is 0 Å². The Labute approximate surface area is 134 Å². The van der Waals surface area contributed by atoms with Crippen LogP contribution in [0.2, 0.25) is 0 Å². The molecule has 0 bridgehead atoms. The monoisotopic (exact) mass is 303 g/mol. The molecule has 0 heterocycles. The van der Waals surface area contributed by atoms with Crippen molar-refractivity contribution in [3.8, 4) is 5.75 Å². The zero-order valence-corrected chi connectivity index (χ0v) is 13.7. The molecule has 0 aromatic heterocycles. The van der Waals surface area contributed by atoms with Crippen LogP contribution in [-0.2, 0) is 17.8 Å². The first-order valence-electron chi connectivity index (χ1n) is 8.82. The first-order valence-corrected chi connectivity index (χ1v) is 8.82. The highest BCUT2D eigenvalue weighted by Crippen LogP contribution is 2.31.